The Bertz CT molecular complexity index is 478. The van der Waals surface area contributed by atoms with E-state index in [1.165, 1.54) is 6.33 Å². The Morgan fingerprint density at radius 1 is 1.37 bits per heavy atom. The molecule has 0 unspecified atom stereocenters. The summed E-state index contributed by atoms with van der Waals surface area (Å²) >= 11 is 0. The van der Waals surface area contributed by atoms with E-state index < -0.39 is 0 Å². The molecule has 0 fully saturated rings. The van der Waals surface area contributed by atoms with Gasteiger partial charge in [0.15, 0.2) is 0 Å². The summed E-state index contributed by atoms with van der Waals surface area (Å²) in [7, 11) is 0. The number of carbonyl (C=O) groups excluding carboxylic acids is 1. The van der Waals surface area contributed by atoms with E-state index >= 15 is 0 Å². The van der Waals surface area contributed by atoms with Crippen molar-refractivity contribution in [1.29, 1.82) is 0 Å². The highest BCUT2D eigenvalue weighted by atomic mass is 16.2. The monoisotopic (exact) mass is 265 g/mol. The second-order valence-corrected chi connectivity index (χ2v) is 4.72. The molecule has 0 saturated carbocycles. The molecule has 0 aliphatic heterocycles. The summed E-state index contributed by atoms with van der Waals surface area (Å²) in [4.78, 5) is 32.4. The number of aromatic nitrogens is 2. The molecule has 5 heteroatoms. The van der Waals surface area contributed by atoms with Gasteiger partial charge in [-0.25, -0.2) is 4.98 Å². The fraction of sp³-hybridized carbons (Fsp3) is 0.643. The van der Waals surface area contributed by atoms with Crippen molar-refractivity contribution < 1.29 is 4.79 Å². The van der Waals surface area contributed by atoms with Crippen molar-refractivity contribution in [3.8, 4) is 0 Å². The van der Waals surface area contributed by atoms with E-state index in [-0.39, 0.29) is 17.0 Å². The van der Waals surface area contributed by atoms with Crippen LogP contribution in [0.25, 0.3) is 0 Å². The predicted octanol–water partition coefficient (Wildman–Crippen LogP) is 1.98. The van der Waals surface area contributed by atoms with Crippen LogP contribution in [-0.4, -0.2) is 33.9 Å². The maximum Gasteiger partial charge on any atom is 0.263 e. The molecule has 0 radical (unpaired) electrons. The van der Waals surface area contributed by atoms with E-state index in [1.54, 1.807) is 11.8 Å². The van der Waals surface area contributed by atoms with Crippen molar-refractivity contribution in [2.45, 2.75) is 40.5 Å². The van der Waals surface area contributed by atoms with Gasteiger partial charge < -0.3 is 9.88 Å². The minimum Gasteiger partial charge on any atom is -0.338 e. The molecular weight excluding hydrogens is 242 g/mol. The number of carbonyl (C=O) groups is 1. The Hall–Kier alpha value is -1.65. The van der Waals surface area contributed by atoms with Gasteiger partial charge in [0.1, 0.15) is 5.56 Å². The molecule has 1 aromatic rings. The maximum atomic E-state index is 12.5. The van der Waals surface area contributed by atoms with Crippen molar-refractivity contribution in [3.63, 3.8) is 0 Å². The molecule has 0 spiro atoms. The lowest BCUT2D eigenvalue weighted by atomic mass is 10.0. The standard InChI is InChI=1S/C14H23N3O2/c1-5-11(6-2)8-17(7-3)14(19)12-10(4)15-9-16-13(12)18/h9,11H,5-8H2,1-4H3,(H,15,16,18). The zero-order valence-electron chi connectivity index (χ0n) is 12.2. The number of nitrogens with zero attached hydrogens (tertiary/aromatic N) is 2. The summed E-state index contributed by atoms with van der Waals surface area (Å²) in [6.45, 7) is 9.15. The van der Waals surface area contributed by atoms with E-state index in [2.05, 4.69) is 23.8 Å². The number of nitrogens with one attached hydrogen (secondary N) is 1. The van der Waals surface area contributed by atoms with Gasteiger partial charge >= 0.3 is 0 Å². The zero-order valence-corrected chi connectivity index (χ0v) is 12.2. The van der Waals surface area contributed by atoms with Crippen molar-refractivity contribution in [3.05, 3.63) is 27.9 Å². The van der Waals surface area contributed by atoms with Crippen molar-refractivity contribution >= 4 is 5.91 Å². The van der Waals surface area contributed by atoms with Crippen molar-refractivity contribution in [1.82, 2.24) is 14.9 Å². The topological polar surface area (TPSA) is 66.1 Å². The molecule has 0 atom stereocenters. The number of H-pyrrole nitrogens is 1. The average molecular weight is 265 g/mol. The third kappa shape index (κ3) is 3.66. The number of hydrogen-bond donors (Lipinski definition) is 1. The first-order valence-corrected chi connectivity index (χ1v) is 6.88. The number of amides is 1. The lowest BCUT2D eigenvalue weighted by Gasteiger charge is -2.25. The first-order chi connectivity index (χ1) is 9.04. The molecule has 0 saturated heterocycles. The quantitative estimate of drug-likeness (QED) is 0.855. The third-order valence-corrected chi connectivity index (χ3v) is 3.56. The minimum absolute atomic E-state index is 0.162. The van der Waals surface area contributed by atoms with Gasteiger partial charge in [0.2, 0.25) is 0 Å². The Kier molecular flexibility index (Phi) is 5.73. The van der Waals surface area contributed by atoms with Gasteiger partial charge in [0, 0.05) is 13.1 Å². The number of aromatic amines is 1. The van der Waals surface area contributed by atoms with E-state index in [9.17, 15) is 9.59 Å². The summed E-state index contributed by atoms with van der Waals surface area (Å²) in [5.74, 6) is 0.251. The largest absolute Gasteiger partial charge is 0.338 e. The van der Waals surface area contributed by atoms with Gasteiger partial charge in [-0.2, -0.15) is 0 Å². The van der Waals surface area contributed by atoms with Gasteiger partial charge in [-0.15, -0.1) is 0 Å². The molecule has 1 rings (SSSR count). The molecule has 1 aromatic heterocycles. The number of hydrogen-bond acceptors (Lipinski definition) is 3. The van der Waals surface area contributed by atoms with Gasteiger partial charge in [0.25, 0.3) is 11.5 Å². The smallest absolute Gasteiger partial charge is 0.263 e. The molecule has 5 nitrogen and oxygen atoms in total. The van der Waals surface area contributed by atoms with Crippen LogP contribution in [0.4, 0.5) is 0 Å². The average Bonchev–Trinajstić information content (AvgIpc) is 2.40. The summed E-state index contributed by atoms with van der Waals surface area (Å²) in [5, 5.41) is 0. The molecule has 0 aliphatic carbocycles. The van der Waals surface area contributed by atoms with Crippen LogP contribution in [0.3, 0.4) is 0 Å². The van der Waals surface area contributed by atoms with Crippen molar-refractivity contribution in [2.75, 3.05) is 13.1 Å². The highest BCUT2D eigenvalue weighted by molar-refractivity contribution is 5.94. The van der Waals surface area contributed by atoms with E-state index in [4.69, 9.17) is 0 Å². The second kappa shape index (κ2) is 7.07. The second-order valence-electron chi connectivity index (χ2n) is 4.72. The van der Waals surface area contributed by atoms with E-state index in [0.717, 1.165) is 12.8 Å². The van der Waals surface area contributed by atoms with Crippen LogP contribution in [0, 0.1) is 12.8 Å². The zero-order chi connectivity index (χ0) is 14.4. The molecule has 1 heterocycles. The van der Waals surface area contributed by atoms with Crippen LogP contribution >= 0.6 is 0 Å². The van der Waals surface area contributed by atoms with Crippen LogP contribution in [-0.2, 0) is 0 Å². The first-order valence-electron chi connectivity index (χ1n) is 6.88. The Morgan fingerprint density at radius 3 is 2.47 bits per heavy atom. The van der Waals surface area contributed by atoms with Gasteiger partial charge in [-0.05, 0) is 19.8 Å². The first kappa shape index (κ1) is 15.4. The normalized spacial score (nSPS) is 10.8. The van der Waals surface area contributed by atoms with E-state index in [1.807, 2.05) is 6.92 Å². The fourth-order valence-corrected chi connectivity index (χ4v) is 2.11. The number of rotatable bonds is 6. The molecule has 106 valence electrons. The van der Waals surface area contributed by atoms with Gasteiger partial charge in [-0.3, -0.25) is 9.59 Å². The third-order valence-electron chi connectivity index (χ3n) is 3.56. The van der Waals surface area contributed by atoms with Gasteiger partial charge in [0.05, 0.1) is 12.0 Å². The summed E-state index contributed by atoms with van der Waals surface area (Å²) < 4.78 is 0. The molecular formula is C14H23N3O2. The molecule has 1 N–H and O–H groups in total. The Morgan fingerprint density at radius 2 is 2.00 bits per heavy atom. The lowest BCUT2D eigenvalue weighted by molar-refractivity contribution is 0.0731. The van der Waals surface area contributed by atoms with E-state index in [0.29, 0.717) is 24.7 Å². The summed E-state index contributed by atoms with van der Waals surface area (Å²) in [6.07, 6.45) is 3.39. The summed E-state index contributed by atoms with van der Waals surface area (Å²) in [5.41, 5.74) is 0.285. The van der Waals surface area contributed by atoms with Crippen LogP contribution < -0.4 is 5.56 Å². The molecule has 0 aliphatic rings. The van der Waals surface area contributed by atoms with Crippen LogP contribution in [0.1, 0.15) is 49.7 Å². The van der Waals surface area contributed by atoms with Gasteiger partial charge in [-0.1, -0.05) is 26.7 Å². The maximum absolute atomic E-state index is 12.5. The summed E-state index contributed by atoms with van der Waals surface area (Å²) in [6, 6.07) is 0. The highest BCUT2D eigenvalue weighted by Gasteiger charge is 2.22. The van der Waals surface area contributed by atoms with Crippen LogP contribution in [0.5, 0.6) is 0 Å². The van der Waals surface area contributed by atoms with Crippen LogP contribution in [0.2, 0.25) is 0 Å². The molecule has 1 amide bonds. The lowest BCUT2D eigenvalue weighted by Crippen LogP contribution is -2.38. The predicted molar refractivity (Wildman–Crippen MR) is 75.2 cm³/mol. The molecule has 0 aromatic carbocycles. The SMILES string of the molecule is CCC(CC)CN(CC)C(=O)c1c(C)nc[nH]c1=O. The Labute approximate surface area is 114 Å². The molecule has 0 bridgehead atoms. The molecule has 19 heavy (non-hydrogen) atoms. The fourth-order valence-electron chi connectivity index (χ4n) is 2.11. The minimum atomic E-state index is -0.361. The van der Waals surface area contributed by atoms with Crippen LogP contribution in [0.15, 0.2) is 11.1 Å². The Balaban J connectivity index is 2.99. The number of aryl methyl sites for hydroxylation is 1. The highest BCUT2D eigenvalue weighted by Crippen LogP contribution is 2.12. The van der Waals surface area contributed by atoms with Crippen molar-refractivity contribution in [2.24, 2.45) is 5.92 Å².